The second-order valence-electron chi connectivity index (χ2n) is 5.59. The zero-order valence-electron chi connectivity index (χ0n) is 12.7. The fraction of sp³-hybridized carbons (Fsp3) is 0.500. The summed E-state index contributed by atoms with van der Waals surface area (Å²) in [4.78, 5) is 6.74. The van der Waals surface area contributed by atoms with Crippen molar-refractivity contribution in [3.8, 4) is 0 Å². The Morgan fingerprint density at radius 2 is 2.27 bits per heavy atom. The van der Waals surface area contributed by atoms with Gasteiger partial charge in [-0.05, 0) is 30.5 Å². The van der Waals surface area contributed by atoms with Crippen LogP contribution in [-0.4, -0.2) is 41.8 Å². The lowest BCUT2D eigenvalue weighted by molar-refractivity contribution is 0.199. The normalized spacial score (nSPS) is 18.9. The second kappa shape index (κ2) is 7.22. The highest BCUT2D eigenvalue weighted by Gasteiger charge is 2.26. The van der Waals surface area contributed by atoms with Crippen molar-refractivity contribution in [3.63, 3.8) is 0 Å². The van der Waals surface area contributed by atoms with Gasteiger partial charge in [0.2, 0.25) is 5.89 Å². The van der Waals surface area contributed by atoms with Gasteiger partial charge in [0.05, 0.1) is 13.2 Å². The van der Waals surface area contributed by atoms with E-state index in [-0.39, 0.29) is 0 Å². The lowest BCUT2D eigenvalue weighted by atomic mass is 9.98. The first-order valence-corrected chi connectivity index (χ1v) is 7.91. The topological polar surface area (TPSA) is 51.4 Å². The quantitative estimate of drug-likeness (QED) is 0.819. The Kier molecular flexibility index (Phi) is 5.08. The highest BCUT2D eigenvalue weighted by atomic mass is 35.5. The molecule has 118 valence electrons. The number of likely N-dealkylation sites (tertiary alicyclic amines) is 1. The van der Waals surface area contributed by atoms with E-state index in [0.717, 1.165) is 24.5 Å². The minimum absolute atomic E-state index is 0.476. The van der Waals surface area contributed by atoms with Crippen LogP contribution in [0.1, 0.15) is 29.6 Å². The Morgan fingerprint density at radius 1 is 1.41 bits per heavy atom. The molecule has 0 radical (unpaired) electrons. The molecule has 1 fully saturated rings. The van der Waals surface area contributed by atoms with Crippen LogP contribution in [0.25, 0.3) is 0 Å². The van der Waals surface area contributed by atoms with Crippen molar-refractivity contribution in [2.45, 2.75) is 25.3 Å². The Bertz CT molecular complexity index is 617. The van der Waals surface area contributed by atoms with Gasteiger partial charge in [-0.15, -0.1) is 0 Å². The number of ether oxygens (including phenoxy) is 1. The van der Waals surface area contributed by atoms with Gasteiger partial charge >= 0.3 is 0 Å². The van der Waals surface area contributed by atoms with Crippen molar-refractivity contribution < 1.29 is 9.26 Å². The van der Waals surface area contributed by atoms with Crippen LogP contribution in [0.2, 0.25) is 5.02 Å². The third kappa shape index (κ3) is 3.66. The van der Waals surface area contributed by atoms with E-state index in [4.69, 9.17) is 20.9 Å². The van der Waals surface area contributed by atoms with Crippen LogP contribution >= 0.6 is 11.6 Å². The highest BCUT2D eigenvalue weighted by Crippen LogP contribution is 2.32. The highest BCUT2D eigenvalue weighted by molar-refractivity contribution is 6.31. The van der Waals surface area contributed by atoms with E-state index >= 15 is 0 Å². The predicted octanol–water partition coefficient (Wildman–Crippen LogP) is 2.90. The summed E-state index contributed by atoms with van der Waals surface area (Å²) in [5.74, 6) is 1.86. The van der Waals surface area contributed by atoms with Gasteiger partial charge in [-0.3, -0.25) is 4.90 Å². The van der Waals surface area contributed by atoms with Crippen LogP contribution in [-0.2, 0) is 17.7 Å². The van der Waals surface area contributed by atoms with Crippen molar-refractivity contribution in [1.82, 2.24) is 15.0 Å². The van der Waals surface area contributed by atoms with Crippen LogP contribution in [0.4, 0.5) is 0 Å². The third-order valence-electron chi connectivity index (χ3n) is 4.02. The summed E-state index contributed by atoms with van der Waals surface area (Å²) in [5, 5.41) is 4.83. The van der Waals surface area contributed by atoms with Crippen molar-refractivity contribution in [2.24, 2.45) is 0 Å². The maximum atomic E-state index is 6.29. The smallest absolute Gasteiger partial charge is 0.240 e. The van der Waals surface area contributed by atoms with Gasteiger partial charge in [0.15, 0.2) is 5.82 Å². The molecule has 0 unspecified atom stereocenters. The summed E-state index contributed by atoms with van der Waals surface area (Å²) >= 11 is 6.29. The van der Waals surface area contributed by atoms with Gasteiger partial charge in [-0.25, -0.2) is 0 Å². The van der Waals surface area contributed by atoms with Gasteiger partial charge in [0, 0.05) is 25.1 Å². The molecule has 1 aliphatic rings. The zero-order valence-corrected chi connectivity index (χ0v) is 13.4. The number of benzene rings is 1. The first-order valence-electron chi connectivity index (χ1n) is 7.53. The number of aromatic nitrogens is 2. The Labute approximate surface area is 135 Å². The van der Waals surface area contributed by atoms with Crippen molar-refractivity contribution in [1.29, 1.82) is 0 Å². The summed E-state index contributed by atoms with van der Waals surface area (Å²) in [6, 6.07) is 8.09. The van der Waals surface area contributed by atoms with Gasteiger partial charge in [0.25, 0.3) is 0 Å². The number of hydrogen-bond acceptors (Lipinski definition) is 5. The third-order valence-corrected chi connectivity index (χ3v) is 4.36. The summed E-state index contributed by atoms with van der Waals surface area (Å²) in [6.45, 7) is 3.30. The van der Waals surface area contributed by atoms with E-state index in [0.29, 0.717) is 37.2 Å². The molecule has 0 spiro atoms. The molecule has 1 aromatic heterocycles. The van der Waals surface area contributed by atoms with E-state index in [2.05, 4.69) is 21.1 Å². The monoisotopic (exact) mass is 321 g/mol. The number of methoxy groups -OCH3 is 1. The molecular weight excluding hydrogens is 302 g/mol. The van der Waals surface area contributed by atoms with E-state index < -0.39 is 0 Å². The molecule has 1 saturated heterocycles. The molecule has 0 bridgehead atoms. The van der Waals surface area contributed by atoms with Gasteiger partial charge < -0.3 is 9.26 Å². The molecule has 1 aliphatic heterocycles. The second-order valence-corrected chi connectivity index (χ2v) is 6.00. The number of halogens is 1. The zero-order chi connectivity index (χ0) is 15.4. The van der Waals surface area contributed by atoms with Crippen LogP contribution in [0.3, 0.4) is 0 Å². The average Bonchev–Trinajstić information content (AvgIpc) is 3.16. The van der Waals surface area contributed by atoms with Crippen LogP contribution in [0.15, 0.2) is 28.8 Å². The molecular formula is C16H20ClN3O2. The maximum Gasteiger partial charge on any atom is 0.240 e. The molecule has 1 atom stereocenters. The molecule has 0 N–H and O–H groups in total. The Balaban J connectivity index is 1.57. The molecule has 22 heavy (non-hydrogen) atoms. The summed E-state index contributed by atoms with van der Waals surface area (Å²) < 4.78 is 10.3. The molecule has 0 amide bonds. The van der Waals surface area contributed by atoms with E-state index in [9.17, 15) is 0 Å². The van der Waals surface area contributed by atoms with E-state index in [1.165, 1.54) is 5.56 Å². The Hall–Kier alpha value is -1.43. The fourth-order valence-corrected chi connectivity index (χ4v) is 3.17. The number of rotatable bonds is 6. The molecule has 5 nitrogen and oxygen atoms in total. The largest absolute Gasteiger partial charge is 0.384 e. The van der Waals surface area contributed by atoms with E-state index in [1.807, 2.05) is 18.2 Å². The van der Waals surface area contributed by atoms with Crippen molar-refractivity contribution >= 4 is 11.6 Å². The standard InChI is InChI=1S/C16H20ClN3O2/c1-21-9-7-15-18-16(22-19-15)11-20-8-6-12(10-20)13-4-2-3-5-14(13)17/h2-5,12H,6-11H2,1H3/t12-/m0/s1. The van der Waals surface area contributed by atoms with Gasteiger partial charge in [0.1, 0.15) is 0 Å². The molecule has 3 rings (SSSR count). The molecule has 2 heterocycles. The fourth-order valence-electron chi connectivity index (χ4n) is 2.88. The molecule has 0 aliphatic carbocycles. The minimum atomic E-state index is 0.476. The minimum Gasteiger partial charge on any atom is -0.384 e. The van der Waals surface area contributed by atoms with Crippen LogP contribution in [0, 0.1) is 0 Å². The predicted molar refractivity (Wildman–Crippen MR) is 84.0 cm³/mol. The summed E-state index contributed by atoms with van der Waals surface area (Å²) in [6.07, 6.45) is 1.79. The molecule has 0 saturated carbocycles. The van der Waals surface area contributed by atoms with Crippen LogP contribution in [0.5, 0.6) is 0 Å². The van der Waals surface area contributed by atoms with Crippen molar-refractivity contribution in [3.05, 3.63) is 46.6 Å². The number of hydrogen-bond donors (Lipinski definition) is 0. The average molecular weight is 322 g/mol. The van der Waals surface area contributed by atoms with E-state index in [1.54, 1.807) is 7.11 Å². The van der Waals surface area contributed by atoms with Gasteiger partial charge in [-0.1, -0.05) is 35.0 Å². The maximum absolute atomic E-state index is 6.29. The lowest BCUT2D eigenvalue weighted by Crippen LogP contribution is -2.20. The lowest BCUT2D eigenvalue weighted by Gasteiger charge is -2.14. The first-order chi connectivity index (χ1) is 10.8. The Morgan fingerprint density at radius 3 is 3.09 bits per heavy atom. The van der Waals surface area contributed by atoms with Crippen molar-refractivity contribution in [2.75, 3.05) is 26.8 Å². The number of nitrogens with zero attached hydrogens (tertiary/aromatic N) is 3. The van der Waals surface area contributed by atoms with Gasteiger partial charge in [-0.2, -0.15) is 4.98 Å². The SMILES string of the molecule is COCCc1noc(CN2CC[C@H](c3ccccc3Cl)C2)n1. The molecule has 2 aromatic rings. The van der Waals surface area contributed by atoms with Crippen LogP contribution < -0.4 is 0 Å². The molecule has 1 aromatic carbocycles. The molecule has 6 heteroatoms. The summed E-state index contributed by atoms with van der Waals surface area (Å²) in [7, 11) is 1.67. The summed E-state index contributed by atoms with van der Waals surface area (Å²) in [5.41, 5.74) is 1.23. The first kappa shape index (κ1) is 15.5.